The van der Waals surface area contributed by atoms with Crippen molar-refractivity contribution in [3.63, 3.8) is 0 Å². The van der Waals surface area contributed by atoms with Gasteiger partial charge in [0.15, 0.2) is 0 Å². The molecule has 2 N–H and O–H groups in total. The Bertz CT molecular complexity index is 350. The summed E-state index contributed by atoms with van der Waals surface area (Å²) in [4.78, 5) is 14.7. The van der Waals surface area contributed by atoms with E-state index in [2.05, 4.69) is 0 Å². The van der Waals surface area contributed by atoms with Gasteiger partial charge in [-0.3, -0.25) is 4.79 Å². The Labute approximate surface area is 105 Å². The molecule has 16 heavy (non-hydrogen) atoms. The van der Waals surface area contributed by atoms with Crippen molar-refractivity contribution in [2.24, 2.45) is 11.7 Å². The second-order valence-electron chi connectivity index (χ2n) is 3.74. The number of hydrogen-bond donors (Lipinski definition) is 1. The molecule has 0 aliphatic carbocycles. The van der Waals surface area contributed by atoms with Crippen LogP contribution in [0.1, 0.15) is 18.2 Å². The lowest BCUT2D eigenvalue weighted by Gasteiger charge is -2.21. The van der Waals surface area contributed by atoms with Gasteiger partial charge in [-0.15, -0.1) is 11.3 Å². The molecule has 0 aliphatic rings. The lowest BCUT2D eigenvalue weighted by molar-refractivity contribution is -0.134. The Morgan fingerprint density at radius 2 is 2.31 bits per heavy atom. The van der Waals surface area contributed by atoms with Gasteiger partial charge in [-0.25, -0.2) is 0 Å². The van der Waals surface area contributed by atoms with Gasteiger partial charge in [-0.1, -0.05) is 18.5 Å². The molecule has 0 aromatic carbocycles. The second kappa shape index (κ2) is 6.23. The van der Waals surface area contributed by atoms with E-state index in [0.717, 1.165) is 15.6 Å². The lowest BCUT2D eigenvalue weighted by atomic mass is 10.1. The number of carbonyl (C=O) groups is 1. The van der Waals surface area contributed by atoms with Crippen LogP contribution >= 0.6 is 22.9 Å². The number of nitrogens with zero attached hydrogens (tertiary/aromatic N) is 1. The van der Waals surface area contributed by atoms with Crippen LogP contribution in [0.3, 0.4) is 0 Å². The molecule has 1 rings (SSSR count). The first kappa shape index (κ1) is 13.5. The molecule has 0 radical (unpaired) electrons. The minimum Gasteiger partial charge on any atom is -0.340 e. The van der Waals surface area contributed by atoms with E-state index in [4.69, 9.17) is 17.3 Å². The van der Waals surface area contributed by atoms with Gasteiger partial charge < -0.3 is 10.6 Å². The number of thiophene rings is 1. The molecule has 0 fully saturated rings. The normalized spacial score (nSPS) is 12.5. The quantitative estimate of drug-likeness (QED) is 0.883. The molecule has 0 aliphatic heterocycles. The molecule has 0 bridgehead atoms. The zero-order valence-corrected chi connectivity index (χ0v) is 11.1. The van der Waals surface area contributed by atoms with Gasteiger partial charge in [-0.2, -0.15) is 0 Å². The standard InChI is InChI=1S/C11H17ClN2OS/c1-3-8(6-13)11(15)14(2)7-9-4-5-10(12)16-9/h4-5,8H,3,6-7,13H2,1-2H3. The van der Waals surface area contributed by atoms with Gasteiger partial charge in [0, 0.05) is 18.5 Å². The summed E-state index contributed by atoms with van der Waals surface area (Å²) >= 11 is 7.34. The van der Waals surface area contributed by atoms with Crippen molar-refractivity contribution in [3.05, 3.63) is 21.3 Å². The average Bonchev–Trinajstić information content (AvgIpc) is 2.65. The lowest BCUT2D eigenvalue weighted by Crippen LogP contribution is -2.35. The minimum absolute atomic E-state index is 0.0690. The molecule has 3 nitrogen and oxygen atoms in total. The molecule has 1 heterocycles. The van der Waals surface area contributed by atoms with Crippen LogP contribution in [0.5, 0.6) is 0 Å². The second-order valence-corrected chi connectivity index (χ2v) is 5.54. The molecule has 0 saturated heterocycles. The first-order chi connectivity index (χ1) is 7.58. The number of hydrogen-bond acceptors (Lipinski definition) is 3. The zero-order valence-electron chi connectivity index (χ0n) is 9.57. The third-order valence-corrected chi connectivity index (χ3v) is 3.74. The maximum absolute atomic E-state index is 11.9. The molecule has 1 aromatic heterocycles. The minimum atomic E-state index is -0.0690. The Morgan fingerprint density at radius 3 is 2.75 bits per heavy atom. The Morgan fingerprint density at radius 1 is 1.62 bits per heavy atom. The molecule has 0 saturated carbocycles. The van der Waals surface area contributed by atoms with Crippen LogP contribution in [0.2, 0.25) is 4.34 Å². The van der Waals surface area contributed by atoms with Gasteiger partial charge in [0.2, 0.25) is 5.91 Å². The fourth-order valence-corrected chi connectivity index (χ4v) is 2.64. The average molecular weight is 261 g/mol. The number of carbonyl (C=O) groups excluding carboxylic acids is 1. The summed E-state index contributed by atoms with van der Waals surface area (Å²) in [6.45, 7) is 2.99. The van der Waals surface area contributed by atoms with Gasteiger partial charge in [0.1, 0.15) is 0 Å². The van der Waals surface area contributed by atoms with Crippen molar-refractivity contribution in [1.82, 2.24) is 4.90 Å². The molecule has 1 atom stereocenters. The zero-order chi connectivity index (χ0) is 12.1. The highest BCUT2D eigenvalue weighted by Crippen LogP contribution is 2.22. The van der Waals surface area contributed by atoms with E-state index in [1.54, 1.807) is 11.9 Å². The van der Waals surface area contributed by atoms with Crippen molar-refractivity contribution >= 4 is 28.8 Å². The van der Waals surface area contributed by atoms with Gasteiger partial charge in [-0.05, 0) is 18.6 Å². The molecule has 0 spiro atoms. The molecule has 5 heteroatoms. The van der Waals surface area contributed by atoms with E-state index in [1.807, 2.05) is 19.1 Å². The molecule has 90 valence electrons. The predicted molar refractivity (Wildman–Crippen MR) is 68.6 cm³/mol. The van der Waals surface area contributed by atoms with Crippen molar-refractivity contribution in [2.45, 2.75) is 19.9 Å². The SMILES string of the molecule is CCC(CN)C(=O)N(C)Cc1ccc(Cl)s1. The summed E-state index contributed by atoms with van der Waals surface area (Å²) < 4.78 is 0.752. The molecular formula is C11H17ClN2OS. The van der Waals surface area contributed by atoms with Gasteiger partial charge in [0.25, 0.3) is 0 Å². The van der Waals surface area contributed by atoms with Crippen molar-refractivity contribution < 1.29 is 4.79 Å². The number of nitrogens with two attached hydrogens (primary N) is 1. The van der Waals surface area contributed by atoms with E-state index in [-0.39, 0.29) is 11.8 Å². The van der Waals surface area contributed by atoms with Gasteiger partial charge >= 0.3 is 0 Å². The molecular weight excluding hydrogens is 244 g/mol. The highest BCUT2D eigenvalue weighted by atomic mass is 35.5. The van der Waals surface area contributed by atoms with E-state index in [1.165, 1.54) is 11.3 Å². The van der Waals surface area contributed by atoms with Gasteiger partial charge in [0.05, 0.1) is 16.8 Å². The number of rotatable bonds is 5. The fourth-order valence-electron chi connectivity index (χ4n) is 1.50. The summed E-state index contributed by atoms with van der Waals surface area (Å²) in [6.07, 6.45) is 0.783. The Hall–Kier alpha value is -0.580. The van der Waals surface area contributed by atoms with Crippen LogP contribution in [0.4, 0.5) is 0 Å². The van der Waals surface area contributed by atoms with Crippen molar-refractivity contribution in [2.75, 3.05) is 13.6 Å². The summed E-state index contributed by atoms with van der Waals surface area (Å²) in [6, 6.07) is 3.79. The Kier molecular flexibility index (Phi) is 5.25. The number of amides is 1. The molecule has 1 unspecified atom stereocenters. The topological polar surface area (TPSA) is 46.3 Å². The van der Waals surface area contributed by atoms with Crippen LogP contribution in [0.25, 0.3) is 0 Å². The smallest absolute Gasteiger partial charge is 0.227 e. The van der Waals surface area contributed by atoms with Crippen LogP contribution in [-0.2, 0) is 11.3 Å². The maximum atomic E-state index is 11.9. The first-order valence-electron chi connectivity index (χ1n) is 5.27. The first-order valence-corrected chi connectivity index (χ1v) is 6.47. The van der Waals surface area contributed by atoms with Crippen molar-refractivity contribution in [3.8, 4) is 0 Å². The van der Waals surface area contributed by atoms with E-state index < -0.39 is 0 Å². The largest absolute Gasteiger partial charge is 0.340 e. The third-order valence-electron chi connectivity index (χ3n) is 2.52. The van der Waals surface area contributed by atoms with Crippen LogP contribution in [0.15, 0.2) is 12.1 Å². The van der Waals surface area contributed by atoms with E-state index >= 15 is 0 Å². The van der Waals surface area contributed by atoms with Crippen LogP contribution in [0, 0.1) is 5.92 Å². The van der Waals surface area contributed by atoms with E-state index in [9.17, 15) is 4.79 Å². The Balaban J connectivity index is 2.57. The highest BCUT2D eigenvalue weighted by Gasteiger charge is 2.19. The van der Waals surface area contributed by atoms with Crippen molar-refractivity contribution in [1.29, 1.82) is 0 Å². The number of halogens is 1. The summed E-state index contributed by atoms with van der Waals surface area (Å²) in [5, 5.41) is 0. The fraction of sp³-hybridized carbons (Fsp3) is 0.545. The third kappa shape index (κ3) is 3.47. The molecule has 1 amide bonds. The van der Waals surface area contributed by atoms with Crippen LogP contribution in [-0.4, -0.2) is 24.4 Å². The van der Waals surface area contributed by atoms with E-state index in [0.29, 0.717) is 13.1 Å². The monoisotopic (exact) mass is 260 g/mol. The van der Waals surface area contributed by atoms with Crippen LogP contribution < -0.4 is 5.73 Å². The molecule has 1 aromatic rings. The summed E-state index contributed by atoms with van der Waals surface area (Å²) in [5.41, 5.74) is 5.55. The summed E-state index contributed by atoms with van der Waals surface area (Å²) in [7, 11) is 1.80. The summed E-state index contributed by atoms with van der Waals surface area (Å²) in [5.74, 6) is 0.0370. The predicted octanol–water partition coefficient (Wildman–Crippen LogP) is 2.34. The maximum Gasteiger partial charge on any atom is 0.227 e. The highest BCUT2D eigenvalue weighted by molar-refractivity contribution is 7.16.